The number of nitrogens with zero attached hydrogens (tertiary/aromatic N) is 4. The number of hydrogen-bond acceptors (Lipinski definition) is 2. The molecule has 5 rings (SSSR count). The second-order valence-electron chi connectivity index (χ2n) is 6.77. The van der Waals surface area contributed by atoms with Gasteiger partial charge in [0.15, 0.2) is 5.82 Å². The zero-order valence-electron chi connectivity index (χ0n) is 15.0. The average Bonchev–Trinajstić information content (AvgIpc) is 3.20. The van der Waals surface area contributed by atoms with Crippen LogP contribution in [0.2, 0.25) is 0 Å². The van der Waals surface area contributed by atoms with Gasteiger partial charge in [0.2, 0.25) is 0 Å². The predicted molar refractivity (Wildman–Crippen MR) is 101 cm³/mol. The van der Waals surface area contributed by atoms with E-state index in [2.05, 4.69) is 41.4 Å². The second-order valence-corrected chi connectivity index (χ2v) is 6.77. The molecule has 6 heteroatoms. The minimum Gasteiger partial charge on any atom is -0.339 e. The molecule has 0 bridgehead atoms. The molecule has 0 atom stereocenters. The number of imidazole rings is 2. The third-order valence-electron chi connectivity index (χ3n) is 4.86. The molecule has 0 N–H and O–H groups in total. The molecule has 0 saturated carbocycles. The number of aryl methyl sites for hydroxylation is 3. The third kappa shape index (κ3) is 2.59. The van der Waals surface area contributed by atoms with Gasteiger partial charge in [0, 0.05) is 57.1 Å². The van der Waals surface area contributed by atoms with Crippen LogP contribution < -0.4 is 0 Å². The Kier molecular flexibility index (Phi) is 4.13. The van der Waals surface area contributed by atoms with E-state index in [0.29, 0.717) is 0 Å². The topological polar surface area (TPSA) is 35.1 Å². The second kappa shape index (κ2) is 6.25. The fraction of sp³-hybridized carbons (Fsp3) is 0.143. The molecule has 2 aromatic carbocycles. The Balaban J connectivity index is 0.00000180. The summed E-state index contributed by atoms with van der Waals surface area (Å²) in [7, 11) is 1.94. The van der Waals surface area contributed by atoms with Crippen molar-refractivity contribution in [1.29, 1.82) is 0 Å². The maximum Gasteiger partial charge on any atom is 0.158 e. The minimum absolute atomic E-state index is 0. The number of rotatable bonds is 1. The summed E-state index contributed by atoms with van der Waals surface area (Å²) in [6.07, 6.45) is 5.65. The largest absolute Gasteiger partial charge is 0.339 e. The first-order valence-corrected chi connectivity index (χ1v) is 8.43. The van der Waals surface area contributed by atoms with Gasteiger partial charge >= 0.3 is 0 Å². The fourth-order valence-electron chi connectivity index (χ4n) is 3.80. The van der Waals surface area contributed by atoms with Crippen molar-refractivity contribution in [3.63, 3.8) is 0 Å². The van der Waals surface area contributed by atoms with E-state index < -0.39 is 0 Å². The van der Waals surface area contributed by atoms with Gasteiger partial charge in [0.25, 0.3) is 0 Å². The van der Waals surface area contributed by atoms with Crippen molar-refractivity contribution in [2.24, 2.45) is 7.05 Å². The van der Waals surface area contributed by atoms with E-state index in [1.807, 2.05) is 24.0 Å². The summed E-state index contributed by atoms with van der Waals surface area (Å²) in [6, 6.07) is 10.3. The van der Waals surface area contributed by atoms with Crippen molar-refractivity contribution in [1.82, 2.24) is 18.9 Å². The van der Waals surface area contributed by atoms with Crippen molar-refractivity contribution in [3.05, 3.63) is 65.9 Å². The van der Waals surface area contributed by atoms with E-state index in [0.717, 1.165) is 50.0 Å². The number of aromatic nitrogens is 4. The maximum atomic E-state index is 14.0. The summed E-state index contributed by atoms with van der Waals surface area (Å²) in [5.41, 5.74) is 4.84. The summed E-state index contributed by atoms with van der Waals surface area (Å²) in [5, 5.41) is 2.64. The van der Waals surface area contributed by atoms with Gasteiger partial charge in [0.05, 0.1) is 5.65 Å². The van der Waals surface area contributed by atoms with Crippen molar-refractivity contribution in [2.45, 2.75) is 13.8 Å². The summed E-state index contributed by atoms with van der Waals surface area (Å²) in [4.78, 5) is 9.22. The molecule has 137 valence electrons. The van der Waals surface area contributed by atoms with Crippen LogP contribution in [0.1, 0.15) is 11.1 Å². The van der Waals surface area contributed by atoms with Gasteiger partial charge in [-0.05, 0) is 24.8 Å². The summed E-state index contributed by atoms with van der Waals surface area (Å²) < 4.78 is 18.0. The normalized spacial score (nSPS) is 11.4. The molecule has 5 aromatic rings. The molecule has 0 unspecified atom stereocenters. The first kappa shape index (κ1) is 17.8. The monoisotopic (exact) mass is 536 g/mol. The molecule has 0 aliphatic heterocycles. The molecule has 0 amide bonds. The molecule has 0 aliphatic carbocycles. The average molecular weight is 536 g/mol. The summed E-state index contributed by atoms with van der Waals surface area (Å²) in [5.74, 6) is 0.500. The summed E-state index contributed by atoms with van der Waals surface area (Å²) in [6.45, 7) is 4.13. The summed E-state index contributed by atoms with van der Waals surface area (Å²) >= 11 is 0. The number of benzene rings is 2. The quantitative estimate of drug-likeness (QED) is 0.233. The SMILES string of the molecule is Cc1cc(C)c2c(c1)c1cc(F)c[c-]c1c1nc(-c3nccn3C)cn12.[Ir]. The van der Waals surface area contributed by atoms with Gasteiger partial charge in [0.1, 0.15) is 5.69 Å². The molecule has 0 spiro atoms. The number of halogens is 1. The molecule has 3 heterocycles. The van der Waals surface area contributed by atoms with Crippen LogP contribution in [-0.2, 0) is 27.2 Å². The van der Waals surface area contributed by atoms with Crippen LogP contribution in [0, 0.1) is 25.7 Å². The van der Waals surface area contributed by atoms with Crippen LogP contribution in [-0.4, -0.2) is 18.9 Å². The van der Waals surface area contributed by atoms with E-state index in [-0.39, 0.29) is 25.9 Å². The molecule has 0 fully saturated rings. The molecule has 3 aromatic heterocycles. The Bertz CT molecular complexity index is 1330. The van der Waals surface area contributed by atoms with Crippen LogP contribution in [0.25, 0.3) is 38.8 Å². The molecular weight excluding hydrogens is 519 g/mol. The van der Waals surface area contributed by atoms with E-state index in [9.17, 15) is 4.39 Å². The van der Waals surface area contributed by atoms with Gasteiger partial charge in [-0.25, -0.2) is 4.98 Å². The van der Waals surface area contributed by atoms with Gasteiger partial charge < -0.3 is 8.97 Å². The molecular formula is C21H16FIrN4-. The maximum absolute atomic E-state index is 14.0. The Labute approximate surface area is 169 Å². The Hall–Kier alpha value is -2.56. The molecule has 27 heavy (non-hydrogen) atoms. The van der Waals surface area contributed by atoms with E-state index in [4.69, 9.17) is 4.98 Å². The molecule has 0 saturated heterocycles. The molecule has 4 nitrogen and oxygen atoms in total. The van der Waals surface area contributed by atoms with Crippen molar-refractivity contribution >= 4 is 27.3 Å². The third-order valence-corrected chi connectivity index (χ3v) is 4.86. The molecule has 1 radical (unpaired) electrons. The Morgan fingerprint density at radius 1 is 1.11 bits per heavy atom. The predicted octanol–water partition coefficient (Wildman–Crippen LogP) is 4.59. The van der Waals surface area contributed by atoms with Crippen LogP contribution in [0.3, 0.4) is 0 Å². The Morgan fingerprint density at radius 2 is 1.93 bits per heavy atom. The van der Waals surface area contributed by atoms with Crippen molar-refractivity contribution in [3.8, 4) is 11.5 Å². The first-order chi connectivity index (χ1) is 12.5. The Morgan fingerprint density at radius 3 is 2.67 bits per heavy atom. The van der Waals surface area contributed by atoms with Gasteiger partial charge in [-0.1, -0.05) is 28.5 Å². The van der Waals surface area contributed by atoms with Gasteiger partial charge in [-0.15, -0.1) is 18.2 Å². The number of hydrogen-bond donors (Lipinski definition) is 0. The minimum atomic E-state index is -0.293. The van der Waals surface area contributed by atoms with E-state index in [1.165, 1.54) is 6.07 Å². The van der Waals surface area contributed by atoms with Crippen LogP contribution in [0.4, 0.5) is 4.39 Å². The van der Waals surface area contributed by atoms with Crippen molar-refractivity contribution < 1.29 is 24.5 Å². The number of pyridine rings is 1. The van der Waals surface area contributed by atoms with Gasteiger partial charge in [-0.3, -0.25) is 9.37 Å². The molecule has 0 aliphatic rings. The van der Waals surface area contributed by atoms with Crippen LogP contribution in [0.5, 0.6) is 0 Å². The van der Waals surface area contributed by atoms with Crippen molar-refractivity contribution in [2.75, 3.05) is 0 Å². The zero-order valence-corrected chi connectivity index (χ0v) is 17.4. The van der Waals surface area contributed by atoms with E-state index in [1.54, 1.807) is 12.3 Å². The standard InChI is InChI=1S/C21H16FN4.Ir/c1-12-8-13(2)19-17(9-12)16-10-14(22)4-5-15(16)20-24-18(11-26(19)20)21-23-6-7-25(21)3;/h4,6-11H,1-3H3;/q-1;. The van der Waals surface area contributed by atoms with Gasteiger partial charge in [-0.2, -0.15) is 0 Å². The smallest absolute Gasteiger partial charge is 0.158 e. The number of fused-ring (bicyclic) bond motifs is 6. The zero-order chi connectivity index (χ0) is 18.0. The fourth-order valence-corrected chi connectivity index (χ4v) is 3.80. The van der Waals surface area contributed by atoms with Crippen LogP contribution in [0.15, 0.2) is 42.9 Å². The van der Waals surface area contributed by atoms with Crippen LogP contribution >= 0.6 is 0 Å². The first-order valence-electron chi connectivity index (χ1n) is 8.43. The van der Waals surface area contributed by atoms with E-state index >= 15 is 0 Å².